The molecule has 0 saturated carbocycles. The molecule has 152 valence electrons. The van der Waals surface area contributed by atoms with Gasteiger partial charge in [-0.15, -0.1) is 0 Å². The second kappa shape index (κ2) is 8.93. The minimum Gasteiger partial charge on any atom is -0.463 e. The number of likely N-dealkylation sites (N-methyl/N-ethyl adjacent to an activating group) is 1. The third kappa shape index (κ3) is 5.24. The van der Waals surface area contributed by atoms with Crippen molar-refractivity contribution in [3.8, 4) is 0 Å². The minimum atomic E-state index is -3.74. The molecule has 0 aliphatic heterocycles. The lowest BCUT2D eigenvalue weighted by molar-refractivity contribution is -0.886. The highest BCUT2D eigenvalue weighted by Crippen LogP contribution is 2.23. The topological polar surface area (TPSA) is 84.1 Å². The number of quaternary nitrogens is 1. The molecule has 0 fully saturated rings. The second-order valence-electron chi connectivity index (χ2n) is 6.77. The number of nitrogens with zero attached hydrogens (tertiary/aromatic N) is 1. The van der Waals surface area contributed by atoms with Gasteiger partial charge < -0.3 is 14.6 Å². The molecular formula is C21H24N3O4S+. The van der Waals surface area contributed by atoms with E-state index in [1.807, 2.05) is 19.2 Å². The second-order valence-corrected chi connectivity index (χ2v) is 8.74. The van der Waals surface area contributed by atoms with Crippen LogP contribution in [0.25, 0.3) is 0 Å². The van der Waals surface area contributed by atoms with Gasteiger partial charge in [0, 0.05) is 12.7 Å². The first kappa shape index (κ1) is 20.6. The van der Waals surface area contributed by atoms with Gasteiger partial charge in [-0.1, -0.05) is 24.3 Å². The number of rotatable bonds is 8. The van der Waals surface area contributed by atoms with Gasteiger partial charge >= 0.3 is 0 Å². The molecule has 1 atom stereocenters. The van der Waals surface area contributed by atoms with Crippen LogP contribution in [0.1, 0.15) is 5.76 Å². The minimum absolute atomic E-state index is 0.109. The predicted molar refractivity (Wildman–Crippen MR) is 111 cm³/mol. The van der Waals surface area contributed by atoms with Crippen molar-refractivity contribution in [2.45, 2.75) is 11.4 Å². The Bertz CT molecular complexity index is 1050. The monoisotopic (exact) mass is 414 g/mol. The molecule has 0 aliphatic rings. The number of hydrogen-bond acceptors (Lipinski definition) is 4. The maximum atomic E-state index is 12.9. The molecule has 1 unspecified atom stereocenters. The number of hydrogen-bond donors (Lipinski definition) is 2. The Balaban J connectivity index is 1.68. The molecular weight excluding hydrogens is 390 g/mol. The first-order valence-electron chi connectivity index (χ1n) is 9.14. The van der Waals surface area contributed by atoms with Crippen LogP contribution in [-0.4, -0.2) is 35.0 Å². The SMILES string of the molecule is CN(c1ccccc1)S(=O)(=O)c1cccc(NC(=O)C[NH+](C)Cc2ccco2)c1. The third-order valence-corrected chi connectivity index (χ3v) is 6.20. The summed E-state index contributed by atoms with van der Waals surface area (Å²) in [6, 6.07) is 18.8. The Kier molecular flexibility index (Phi) is 6.36. The zero-order valence-electron chi connectivity index (χ0n) is 16.3. The molecule has 0 spiro atoms. The third-order valence-electron chi connectivity index (χ3n) is 4.41. The van der Waals surface area contributed by atoms with Gasteiger partial charge in [0.1, 0.15) is 6.54 Å². The molecule has 0 radical (unpaired) electrons. The van der Waals surface area contributed by atoms with Crippen LogP contribution in [0.15, 0.2) is 82.3 Å². The molecule has 0 saturated heterocycles. The van der Waals surface area contributed by atoms with Gasteiger partial charge in [0.05, 0.1) is 23.9 Å². The van der Waals surface area contributed by atoms with E-state index in [1.165, 1.54) is 23.5 Å². The summed E-state index contributed by atoms with van der Waals surface area (Å²) in [7, 11) is -0.354. The van der Waals surface area contributed by atoms with Crippen LogP contribution >= 0.6 is 0 Å². The highest BCUT2D eigenvalue weighted by molar-refractivity contribution is 7.92. The van der Waals surface area contributed by atoms with Gasteiger partial charge in [0.15, 0.2) is 12.3 Å². The lowest BCUT2D eigenvalue weighted by atomic mass is 10.3. The van der Waals surface area contributed by atoms with Crippen molar-refractivity contribution < 1.29 is 22.5 Å². The Morgan fingerprint density at radius 1 is 1.07 bits per heavy atom. The van der Waals surface area contributed by atoms with Crippen molar-refractivity contribution in [3.63, 3.8) is 0 Å². The van der Waals surface area contributed by atoms with Crippen LogP contribution in [0, 0.1) is 0 Å². The van der Waals surface area contributed by atoms with Gasteiger partial charge in [0.2, 0.25) is 0 Å². The molecule has 2 aromatic carbocycles. The fraction of sp³-hybridized carbons (Fsp3) is 0.190. The van der Waals surface area contributed by atoms with Crippen LogP contribution in [0.2, 0.25) is 0 Å². The van der Waals surface area contributed by atoms with E-state index in [1.54, 1.807) is 48.7 Å². The quantitative estimate of drug-likeness (QED) is 0.588. The van der Waals surface area contributed by atoms with Crippen LogP contribution in [0.3, 0.4) is 0 Å². The standard InChI is InChI=1S/C21H23N3O4S/c1-23(15-19-11-7-13-28-19)16-21(25)22-17-8-6-12-20(14-17)29(26,27)24(2)18-9-4-3-5-10-18/h3-14H,15-16H2,1-2H3,(H,22,25)/p+1. The van der Waals surface area contributed by atoms with Crippen LogP contribution in [0.5, 0.6) is 0 Å². The summed E-state index contributed by atoms with van der Waals surface area (Å²) < 4.78 is 32.4. The summed E-state index contributed by atoms with van der Waals surface area (Å²) in [4.78, 5) is 13.4. The summed E-state index contributed by atoms with van der Waals surface area (Å²) in [5, 5.41) is 2.77. The average molecular weight is 415 g/mol. The van der Waals surface area contributed by atoms with Crippen molar-refractivity contribution in [2.75, 3.05) is 30.3 Å². The number of para-hydroxylation sites is 1. The summed E-state index contributed by atoms with van der Waals surface area (Å²) in [6.45, 7) is 0.804. The maximum Gasteiger partial charge on any atom is 0.279 e. The van der Waals surface area contributed by atoms with Gasteiger partial charge in [-0.25, -0.2) is 8.42 Å². The number of sulfonamides is 1. The highest BCUT2D eigenvalue weighted by Gasteiger charge is 2.22. The fourth-order valence-corrected chi connectivity index (χ4v) is 4.16. The molecule has 1 heterocycles. The number of nitrogens with one attached hydrogen (secondary N) is 2. The zero-order chi connectivity index (χ0) is 20.9. The first-order chi connectivity index (χ1) is 13.9. The molecule has 1 aromatic heterocycles. The average Bonchev–Trinajstić information content (AvgIpc) is 3.21. The Morgan fingerprint density at radius 2 is 1.83 bits per heavy atom. The normalized spacial score (nSPS) is 12.3. The van der Waals surface area contributed by atoms with Crippen molar-refractivity contribution in [3.05, 3.63) is 78.8 Å². The number of furan rings is 1. The number of benzene rings is 2. The number of carbonyl (C=O) groups excluding carboxylic acids is 1. The molecule has 2 N–H and O–H groups in total. The highest BCUT2D eigenvalue weighted by atomic mass is 32.2. The van der Waals surface area contributed by atoms with Crippen molar-refractivity contribution in [1.29, 1.82) is 0 Å². The number of anilines is 2. The molecule has 29 heavy (non-hydrogen) atoms. The van der Waals surface area contributed by atoms with Crippen molar-refractivity contribution >= 4 is 27.3 Å². The summed E-state index contributed by atoms with van der Waals surface area (Å²) in [5.74, 6) is 0.590. The fourth-order valence-electron chi connectivity index (χ4n) is 2.92. The summed E-state index contributed by atoms with van der Waals surface area (Å²) >= 11 is 0. The van der Waals surface area contributed by atoms with E-state index in [0.29, 0.717) is 17.9 Å². The maximum absolute atomic E-state index is 12.9. The number of carbonyl (C=O) groups is 1. The van der Waals surface area contributed by atoms with E-state index in [2.05, 4.69) is 5.32 Å². The van der Waals surface area contributed by atoms with Gasteiger partial charge in [-0.2, -0.15) is 0 Å². The Morgan fingerprint density at radius 3 is 2.52 bits per heavy atom. The lowest BCUT2D eigenvalue weighted by Gasteiger charge is -2.20. The molecule has 0 bridgehead atoms. The van der Waals surface area contributed by atoms with E-state index in [4.69, 9.17) is 4.42 Å². The predicted octanol–water partition coefficient (Wildman–Crippen LogP) is 1.76. The van der Waals surface area contributed by atoms with Crippen molar-refractivity contribution in [1.82, 2.24) is 0 Å². The van der Waals surface area contributed by atoms with Crippen LogP contribution < -0.4 is 14.5 Å². The van der Waals surface area contributed by atoms with Crippen molar-refractivity contribution in [2.24, 2.45) is 0 Å². The molecule has 1 amide bonds. The van der Waals surface area contributed by atoms with Gasteiger partial charge in [-0.3, -0.25) is 9.10 Å². The van der Waals surface area contributed by atoms with E-state index in [9.17, 15) is 13.2 Å². The van der Waals surface area contributed by atoms with E-state index >= 15 is 0 Å². The van der Waals surface area contributed by atoms with E-state index in [0.717, 1.165) is 10.7 Å². The molecule has 3 rings (SSSR count). The van der Waals surface area contributed by atoms with E-state index < -0.39 is 10.0 Å². The lowest BCUT2D eigenvalue weighted by Crippen LogP contribution is -3.08. The Labute approximate surface area is 170 Å². The molecule has 8 heteroatoms. The van der Waals surface area contributed by atoms with E-state index in [-0.39, 0.29) is 17.3 Å². The van der Waals surface area contributed by atoms with Crippen LogP contribution in [-0.2, 0) is 21.4 Å². The van der Waals surface area contributed by atoms with Crippen LogP contribution in [0.4, 0.5) is 11.4 Å². The molecule has 0 aliphatic carbocycles. The summed E-state index contributed by atoms with van der Waals surface area (Å²) in [6.07, 6.45) is 1.60. The number of amides is 1. The smallest absolute Gasteiger partial charge is 0.279 e. The zero-order valence-corrected chi connectivity index (χ0v) is 17.1. The Hall–Kier alpha value is -3.10. The molecule has 3 aromatic rings. The van der Waals surface area contributed by atoms with Gasteiger partial charge in [0.25, 0.3) is 15.9 Å². The van der Waals surface area contributed by atoms with Gasteiger partial charge in [-0.05, 0) is 42.5 Å². The largest absolute Gasteiger partial charge is 0.463 e. The first-order valence-corrected chi connectivity index (χ1v) is 10.6. The molecule has 7 nitrogen and oxygen atoms in total. The summed E-state index contributed by atoms with van der Waals surface area (Å²) in [5.41, 5.74) is 0.994.